The minimum absolute atomic E-state index is 0.0276. The highest BCUT2D eigenvalue weighted by molar-refractivity contribution is 5.95. The van der Waals surface area contributed by atoms with Gasteiger partial charge in [0.2, 0.25) is 0 Å². The second-order valence-electron chi connectivity index (χ2n) is 7.23. The fraction of sp³-hybridized carbons (Fsp3) is 0.476. The number of rotatable bonds is 5. The first-order valence-corrected chi connectivity index (χ1v) is 9.21. The summed E-state index contributed by atoms with van der Waals surface area (Å²) >= 11 is 0. The number of aliphatic hydroxyl groups is 1. The summed E-state index contributed by atoms with van der Waals surface area (Å²) in [6.45, 7) is 5.13. The van der Waals surface area contributed by atoms with E-state index in [1.165, 1.54) is 5.56 Å². The molecule has 3 rings (SSSR count). The summed E-state index contributed by atoms with van der Waals surface area (Å²) in [5, 5.41) is 12.4. The van der Waals surface area contributed by atoms with E-state index in [0.29, 0.717) is 5.92 Å². The van der Waals surface area contributed by atoms with Gasteiger partial charge in [0.1, 0.15) is 0 Å². The Morgan fingerprint density at radius 3 is 2.48 bits per heavy atom. The summed E-state index contributed by atoms with van der Waals surface area (Å²) < 4.78 is 2.20. The van der Waals surface area contributed by atoms with Gasteiger partial charge in [-0.2, -0.15) is 0 Å². The molecule has 0 unspecified atom stereocenters. The Hall–Kier alpha value is -2.07. The van der Waals surface area contributed by atoms with E-state index >= 15 is 0 Å². The maximum Gasteiger partial charge on any atom is 0.253 e. The average molecular weight is 340 g/mol. The smallest absolute Gasteiger partial charge is 0.253 e. The van der Waals surface area contributed by atoms with Crippen molar-refractivity contribution in [2.75, 3.05) is 6.61 Å². The lowest BCUT2D eigenvalue weighted by Crippen LogP contribution is -2.38. The summed E-state index contributed by atoms with van der Waals surface area (Å²) in [5.41, 5.74) is 4.13. The molecule has 1 aliphatic rings. The molecule has 1 fully saturated rings. The average Bonchev–Trinajstić information content (AvgIpc) is 2.91. The van der Waals surface area contributed by atoms with Gasteiger partial charge in [-0.1, -0.05) is 30.3 Å². The maximum absolute atomic E-state index is 12.7. The number of benzene rings is 1. The third kappa shape index (κ3) is 4.13. The van der Waals surface area contributed by atoms with Crippen LogP contribution in [0.2, 0.25) is 0 Å². The van der Waals surface area contributed by atoms with Gasteiger partial charge in [-0.25, -0.2) is 0 Å². The number of hydrogen-bond acceptors (Lipinski definition) is 2. The van der Waals surface area contributed by atoms with Crippen LogP contribution < -0.4 is 5.32 Å². The van der Waals surface area contributed by atoms with Gasteiger partial charge in [-0.15, -0.1) is 0 Å². The van der Waals surface area contributed by atoms with Gasteiger partial charge in [0.15, 0.2) is 0 Å². The Morgan fingerprint density at radius 1 is 1.16 bits per heavy atom. The molecule has 1 amide bonds. The van der Waals surface area contributed by atoms with Crippen LogP contribution in [0, 0.1) is 19.8 Å². The summed E-state index contributed by atoms with van der Waals surface area (Å²) in [5.74, 6) is 0.434. The van der Waals surface area contributed by atoms with Crippen LogP contribution >= 0.6 is 0 Å². The number of aliphatic hydroxyl groups excluding tert-OH is 1. The number of nitrogens with one attached hydrogen (secondary N) is 1. The summed E-state index contributed by atoms with van der Waals surface area (Å²) in [4.78, 5) is 12.7. The Labute approximate surface area is 149 Å². The van der Waals surface area contributed by atoms with Crippen molar-refractivity contribution in [3.63, 3.8) is 0 Å². The van der Waals surface area contributed by atoms with Gasteiger partial charge in [0.05, 0.1) is 5.56 Å². The van der Waals surface area contributed by atoms with Crippen LogP contribution in [0.1, 0.15) is 53.0 Å². The van der Waals surface area contributed by atoms with Gasteiger partial charge in [0, 0.05) is 30.6 Å². The fourth-order valence-electron chi connectivity index (χ4n) is 3.79. The van der Waals surface area contributed by atoms with Crippen LogP contribution in [-0.2, 0) is 6.54 Å². The van der Waals surface area contributed by atoms with Gasteiger partial charge in [-0.05, 0) is 57.1 Å². The highest BCUT2D eigenvalue weighted by atomic mass is 16.3. The topological polar surface area (TPSA) is 54.3 Å². The molecule has 134 valence electrons. The summed E-state index contributed by atoms with van der Waals surface area (Å²) in [6.07, 6.45) is 3.91. The summed E-state index contributed by atoms with van der Waals surface area (Å²) in [6, 6.07) is 12.5. The molecule has 0 spiro atoms. The molecule has 0 radical (unpaired) electrons. The van der Waals surface area contributed by atoms with E-state index in [-0.39, 0.29) is 18.6 Å². The van der Waals surface area contributed by atoms with Crippen molar-refractivity contribution in [1.29, 1.82) is 0 Å². The standard InChI is InChI=1S/C21H28N2O2/c1-15-12-20(16(2)23(15)13-17-6-4-3-5-7-17)21(25)22-19-10-8-18(14-24)9-11-19/h3-7,12,18-19,24H,8-11,13-14H2,1-2H3,(H,22,25). The minimum atomic E-state index is 0.0276. The molecule has 1 saturated carbocycles. The molecule has 4 nitrogen and oxygen atoms in total. The molecule has 2 N–H and O–H groups in total. The zero-order valence-electron chi connectivity index (χ0n) is 15.2. The molecular weight excluding hydrogens is 312 g/mol. The first kappa shape index (κ1) is 17.7. The Kier molecular flexibility index (Phi) is 5.59. The van der Waals surface area contributed by atoms with E-state index in [2.05, 4.69) is 28.9 Å². The van der Waals surface area contributed by atoms with Crippen LogP contribution in [0.3, 0.4) is 0 Å². The summed E-state index contributed by atoms with van der Waals surface area (Å²) in [7, 11) is 0. The van der Waals surface area contributed by atoms with E-state index in [1.54, 1.807) is 0 Å². The van der Waals surface area contributed by atoms with Crippen LogP contribution in [0.25, 0.3) is 0 Å². The number of hydrogen-bond donors (Lipinski definition) is 2. The molecule has 0 atom stereocenters. The maximum atomic E-state index is 12.7. The van der Waals surface area contributed by atoms with E-state index < -0.39 is 0 Å². The van der Waals surface area contributed by atoms with Crippen molar-refractivity contribution in [3.05, 3.63) is 58.9 Å². The molecule has 1 aliphatic carbocycles. The Balaban J connectivity index is 1.68. The molecule has 4 heteroatoms. The predicted molar refractivity (Wildman–Crippen MR) is 99.7 cm³/mol. The first-order chi connectivity index (χ1) is 12.1. The second-order valence-corrected chi connectivity index (χ2v) is 7.23. The van der Waals surface area contributed by atoms with Crippen molar-refractivity contribution in [2.24, 2.45) is 5.92 Å². The molecule has 25 heavy (non-hydrogen) atoms. The monoisotopic (exact) mass is 340 g/mol. The van der Waals surface area contributed by atoms with Gasteiger partial charge >= 0.3 is 0 Å². The van der Waals surface area contributed by atoms with Crippen LogP contribution in [0.4, 0.5) is 0 Å². The molecule has 1 aromatic heterocycles. The first-order valence-electron chi connectivity index (χ1n) is 9.21. The van der Waals surface area contributed by atoms with Crippen LogP contribution in [-0.4, -0.2) is 28.2 Å². The lowest BCUT2D eigenvalue weighted by atomic mass is 9.86. The van der Waals surface area contributed by atoms with E-state index in [1.807, 2.05) is 31.2 Å². The number of carbonyl (C=O) groups excluding carboxylic acids is 1. The number of aryl methyl sites for hydroxylation is 1. The minimum Gasteiger partial charge on any atom is -0.396 e. The number of amides is 1. The van der Waals surface area contributed by atoms with E-state index in [0.717, 1.165) is 49.2 Å². The highest BCUT2D eigenvalue weighted by Gasteiger charge is 2.24. The zero-order valence-corrected chi connectivity index (χ0v) is 15.2. The van der Waals surface area contributed by atoms with Crippen LogP contribution in [0.5, 0.6) is 0 Å². The normalized spacial score (nSPS) is 20.4. The third-order valence-corrected chi connectivity index (χ3v) is 5.44. The predicted octanol–water partition coefficient (Wildman–Crippen LogP) is 3.43. The molecule has 0 aliphatic heterocycles. The van der Waals surface area contributed by atoms with Crippen molar-refractivity contribution >= 4 is 5.91 Å². The Bertz CT molecular complexity index is 713. The van der Waals surface area contributed by atoms with E-state index in [4.69, 9.17) is 0 Å². The lowest BCUT2D eigenvalue weighted by Gasteiger charge is -2.27. The van der Waals surface area contributed by atoms with Crippen molar-refractivity contribution in [1.82, 2.24) is 9.88 Å². The highest BCUT2D eigenvalue weighted by Crippen LogP contribution is 2.24. The number of nitrogens with zero attached hydrogens (tertiary/aromatic N) is 1. The molecule has 0 bridgehead atoms. The van der Waals surface area contributed by atoms with Crippen molar-refractivity contribution < 1.29 is 9.90 Å². The van der Waals surface area contributed by atoms with E-state index in [9.17, 15) is 9.90 Å². The van der Waals surface area contributed by atoms with Gasteiger partial charge in [-0.3, -0.25) is 4.79 Å². The second kappa shape index (κ2) is 7.87. The SMILES string of the molecule is Cc1cc(C(=O)NC2CCC(CO)CC2)c(C)n1Cc1ccccc1. The molecule has 2 aromatic rings. The molecule has 0 saturated heterocycles. The fourth-order valence-corrected chi connectivity index (χ4v) is 3.79. The molecule has 1 heterocycles. The zero-order chi connectivity index (χ0) is 17.8. The number of aromatic nitrogens is 1. The van der Waals surface area contributed by atoms with Crippen molar-refractivity contribution in [2.45, 2.75) is 52.1 Å². The van der Waals surface area contributed by atoms with Crippen LogP contribution in [0.15, 0.2) is 36.4 Å². The van der Waals surface area contributed by atoms with Gasteiger partial charge < -0.3 is 15.0 Å². The Morgan fingerprint density at radius 2 is 1.84 bits per heavy atom. The third-order valence-electron chi connectivity index (χ3n) is 5.44. The van der Waals surface area contributed by atoms with Gasteiger partial charge in [0.25, 0.3) is 5.91 Å². The van der Waals surface area contributed by atoms with Crippen molar-refractivity contribution in [3.8, 4) is 0 Å². The quantitative estimate of drug-likeness (QED) is 0.876. The largest absolute Gasteiger partial charge is 0.396 e. The number of carbonyl (C=O) groups is 1. The lowest BCUT2D eigenvalue weighted by molar-refractivity contribution is 0.0913. The molecular formula is C21H28N2O2. The molecule has 1 aromatic carbocycles.